The Balaban J connectivity index is 1.23. The molecule has 0 bridgehead atoms. The highest BCUT2D eigenvalue weighted by atomic mass is 16.3. The molecular formula is C52H34N4O. The van der Waals surface area contributed by atoms with E-state index < -0.39 is 0 Å². The topological polar surface area (TPSA) is 56.7 Å². The maximum Gasteiger partial charge on any atom is 0.166 e. The minimum absolute atomic E-state index is 0.581. The number of furan rings is 1. The first-order chi connectivity index (χ1) is 28.2. The quantitative estimate of drug-likeness (QED) is 0.171. The number of aromatic nitrogens is 4. The van der Waals surface area contributed by atoms with Gasteiger partial charge in [0.2, 0.25) is 0 Å². The van der Waals surface area contributed by atoms with E-state index >= 15 is 0 Å². The van der Waals surface area contributed by atoms with E-state index in [2.05, 4.69) is 127 Å². The van der Waals surface area contributed by atoms with E-state index in [-0.39, 0.29) is 0 Å². The number of nitrogens with zero attached hydrogens (tertiary/aromatic N) is 4. The Morgan fingerprint density at radius 3 is 1.74 bits per heavy atom. The highest BCUT2D eigenvalue weighted by molar-refractivity contribution is 6.12. The minimum atomic E-state index is 0.581. The molecule has 0 unspecified atom stereocenters. The van der Waals surface area contributed by atoms with Gasteiger partial charge in [-0.3, -0.25) is 0 Å². The first-order valence-electron chi connectivity index (χ1n) is 19.2. The Morgan fingerprint density at radius 2 is 0.965 bits per heavy atom. The lowest BCUT2D eigenvalue weighted by atomic mass is 9.98. The molecule has 268 valence electrons. The summed E-state index contributed by atoms with van der Waals surface area (Å²) in [5, 5.41) is 4.53. The Kier molecular flexibility index (Phi) is 7.64. The molecule has 0 spiro atoms. The van der Waals surface area contributed by atoms with Gasteiger partial charge in [0.05, 0.1) is 16.7 Å². The normalized spacial score (nSPS) is 11.6. The molecule has 0 amide bonds. The number of rotatable bonds is 6. The van der Waals surface area contributed by atoms with Crippen LogP contribution in [0.1, 0.15) is 5.56 Å². The molecular weight excluding hydrogens is 697 g/mol. The lowest BCUT2D eigenvalue weighted by Crippen LogP contribution is -2.04. The number of para-hydroxylation sites is 3. The van der Waals surface area contributed by atoms with Crippen molar-refractivity contribution in [3.05, 3.63) is 194 Å². The van der Waals surface area contributed by atoms with Crippen molar-refractivity contribution in [3.63, 3.8) is 0 Å². The van der Waals surface area contributed by atoms with E-state index in [1.807, 2.05) is 72.8 Å². The molecule has 5 heteroatoms. The third-order valence-electron chi connectivity index (χ3n) is 11.0. The monoisotopic (exact) mass is 730 g/mol. The summed E-state index contributed by atoms with van der Waals surface area (Å²) in [6, 6.07) is 65.6. The lowest BCUT2D eigenvalue weighted by molar-refractivity contribution is 0.670. The summed E-state index contributed by atoms with van der Waals surface area (Å²) in [7, 11) is 0. The smallest absolute Gasteiger partial charge is 0.166 e. The van der Waals surface area contributed by atoms with Gasteiger partial charge in [-0.25, -0.2) is 15.0 Å². The molecule has 3 heterocycles. The zero-order chi connectivity index (χ0) is 37.9. The fourth-order valence-electron chi connectivity index (χ4n) is 8.28. The number of benzene rings is 8. The second-order valence-corrected chi connectivity index (χ2v) is 14.5. The molecule has 3 aromatic heterocycles. The standard InChI is InChI=1S/C52H34N4O/c1-33-15-8-9-20-38(33)37-27-29-41-40-21-10-12-25-45(40)56(47(41)32-37)46-30-28-36(39-23-14-24-43-42-22-11-13-26-48(42)57-49(39)43)31-44(46)52-54-50(34-16-4-2-5-17-34)53-51(55-52)35-18-6-3-7-19-35/h2-32H,1H3. The molecule has 0 N–H and O–H groups in total. The SMILES string of the molecule is Cc1ccccc1-c1ccc2c3ccccc3n(-c3ccc(-c4cccc5c4oc4ccccc45)cc3-c3nc(-c4ccccc4)nc(-c4ccccc4)n3)c2c1. The van der Waals surface area contributed by atoms with E-state index in [4.69, 9.17) is 19.4 Å². The van der Waals surface area contributed by atoms with Crippen LogP contribution >= 0.6 is 0 Å². The van der Waals surface area contributed by atoms with Gasteiger partial charge in [-0.1, -0.05) is 158 Å². The summed E-state index contributed by atoms with van der Waals surface area (Å²) in [6.45, 7) is 2.17. The molecule has 0 radical (unpaired) electrons. The summed E-state index contributed by atoms with van der Waals surface area (Å²) in [5.41, 5.74) is 13.2. The Bertz CT molecular complexity index is 3250. The number of hydrogen-bond donors (Lipinski definition) is 0. The Labute approximate surface area is 329 Å². The molecule has 5 nitrogen and oxygen atoms in total. The van der Waals surface area contributed by atoms with Crippen molar-refractivity contribution in [2.45, 2.75) is 6.92 Å². The number of fused-ring (bicyclic) bond motifs is 6. The zero-order valence-electron chi connectivity index (χ0n) is 31.1. The van der Waals surface area contributed by atoms with Crippen LogP contribution in [0, 0.1) is 6.92 Å². The van der Waals surface area contributed by atoms with Crippen molar-refractivity contribution in [2.75, 3.05) is 0 Å². The average molecular weight is 731 g/mol. The number of hydrogen-bond acceptors (Lipinski definition) is 4. The third kappa shape index (κ3) is 5.51. The highest BCUT2D eigenvalue weighted by Gasteiger charge is 2.22. The van der Waals surface area contributed by atoms with E-state index in [1.165, 1.54) is 21.9 Å². The summed E-state index contributed by atoms with van der Waals surface area (Å²) >= 11 is 0. The first kappa shape index (κ1) is 32.8. The van der Waals surface area contributed by atoms with Crippen LogP contribution in [0.2, 0.25) is 0 Å². The van der Waals surface area contributed by atoms with Gasteiger partial charge in [0.25, 0.3) is 0 Å². The van der Waals surface area contributed by atoms with Crippen molar-refractivity contribution in [1.82, 2.24) is 19.5 Å². The average Bonchev–Trinajstić information content (AvgIpc) is 3.82. The molecule has 8 aromatic carbocycles. The predicted octanol–water partition coefficient (Wildman–Crippen LogP) is 13.5. The molecule has 0 aliphatic carbocycles. The molecule has 0 saturated carbocycles. The summed E-state index contributed by atoms with van der Waals surface area (Å²) in [5.74, 6) is 1.80. The molecule has 57 heavy (non-hydrogen) atoms. The summed E-state index contributed by atoms with van der Waals surface area (Å²) in [4.78, 5) is 15.6. The Morgan fingerprint density at radius 1 is 0.386 bits per heavy atom. The lowest BCUT2D eigenvalue weighted by Gasteiger charge is -2.17. The van der Waals surface area contributed by atoms with Crippen molar-refractivity contribution in [2.24, 2.45) is 0 Å². The largest absolute Gasteiger partial charge is 0.455 e. The highest BCUT2D eigenvalue weighted by Crippen LogP contribution is 2.42. The van der Waals surface area contributed by atoms with E-state index in [9.17, 15) is 0 Å². The van der Waals surface area contributed by atoms with Gasteiger partial charge in [0.1, 0.15) is 11.2 Å². The fraction of sp³-hybridized carbons (Fsp3) is 0.0192. The van der Waals surface area contributed by atoms with Gasteiger partial charge in [-0.2, -0.15) is 0 Å². The van der Waals surface area contributed by atoms with E-state index in [1.54, 1.807) is 0 Å². The van der Waals surface area contributed by atoms with Gasteiger partial charge in [0, 0.05) is 43.8 Å². The molecule has 0 aliphatic heterocycles. The van der Waals surface area contributed by atoms with E-state index in [0.717, 1.165) is 72.0 Å². The van der Waals surface area contributed by atoms with Crippen molar-refractivity contribution in [3.8, 4) is 62.1 Å². The fourth-order valence-corrected chi connectivity index (χ4v) is 8.28. The van der Waals surface area contributed by atoms with Crippen LogP contribution in [0.5, 0.6) is 0 Å². The maximum absolute atomic E-state index is 6.57. The third-order valence-corrected chi connectivity index (χ3v) is 11.0. The van der Waals surface area contributed by atoms with E-state index in [0.29, 0.717) is 17.5 Å². The van der Waals surface area contributed by atoms with Crippen LogP contribution in [-0.2, 0) is 0 Å². The second kappa shape index (κ2) is 13.3. The minimum Gasteiger partial charge on any atom is -0.455 e. The van der Waals surface area contributed by atoms with Crippen LogP contribution in [0.3, 0.4) is 0 Å². The molecule has 11 aromatic rings. The van der Waals surface area contributed by atoms with Crippen LogP contribution in [-0.4, -0.2) is 19.5 Å². The van der Waals surface area contributed by atoms with Crippen molar-refractivity contribution >= 4 is 43.7 Å². The molecule has 0 saturated heterocycles. The molecule has 11 rings (SSSR count). The first-order valence-corrected chi connectivity index (χ1v) is 19.2. The van der Waals surface area contributed by atoms with Crippen LogP contribution in [0.4, 0.5) is 0 Å². The van der Waals surface area contributed by atoms with Crippen LogP contribution < -0.4 is 0 Å². The van der Waals surface area contributed by atoms with Crippen LogP contribution in [0.25, 0.3) is 106 Å². The maximum atomic E-state index is 6.57. The van der Waals surface area contributed by atoms with Crippen molar-refractivity contribution in [1.29, 1.82) is 0 Å². The summed E-state index contributed by atoms with van der Waals surface area (Å²) in [6.07, 6.45) is 0. The molecule has 0 atom stereocenters. The van der Waals surface area contributed by atoms with Crippen LogP contribution in [0.15, 0.2) is 192 Å². The van der Waals surface area contributed by atoms with Gasteiger partial charge in [-0.05, 0) is 59.5 Å². The molecule has 0 fully saturated rings. The van der Waals surface area contributed by atoms with Gasteiger partial charge in [-0.15, -0.1) is 0 Å². The summed E-state index contributed by atoms with van der Waals surface area (Å²) < 4.78 is 8.95. The van der Waals surface area contributed by atoms with Gasteiger partial charge in [0.15, 0.2) is 17.5 Å². The molecule has 0 aliphatic rings. The number of aryl methyl sites for hydroxylation is 1. The second-order valence-electron chi connectivity index (χ2n) is 14.5. The van der Waals surface area contributed by atoms with Gasteiger partial charge >= 0.3 is 0 Å². The van der Waals surface area contributed by atoms with Crippen molar-refractivity contribution < 1.29 is 4.42 Å². The predicted molar refractivity (Wildman–Crippen MR) is 233 cm³/mol. The van der Waals surface area contributed by atoms with Gasteiger partial charge < -0.3 is 8.98 Å². The zero-order valence-corrected chi connectivity index (χ0v) is 31.1. The Hall–Kier alpha value is -7.63.